The minimum atomic E-state index is -0.899. The van der Waals surface area contributed by atoms with Gasteiger partial charge in [0.25, 0.3) is 0 Å². The highest BCUT2D eigenvalue weighted by atomic mass is 16.5. The molecule has 7 heteroatoms. The molecule has 1 N–H and O–H groups in total. The summed E-state index contributed by atoms with van der Waals surface area (Å²) in [5, 5.41) is 9.91. The van der Waals surface area contributed by atoms with Crippen molar-refractivity contribution in [3.05, 3.63) is 51.4 Å². The molecule has 160 valence electrons. The Hall–Kier alpha value is -3.09. The highest BCUT2D eigenvalue weighted by Crippen LogP contribution is 2.31. The van der Waals surface area contributed by atoms with Crippen molar-refractivity contribution in [2.24, 2.45) is 5.92 Å². The van der Waals surface area contributed by atoms with Gasteiger partial charge in [0.2, 0.25) is 5.91 Å². The largest absolute Gasteiger partial charge is 0.488 e. The molecule has 3 rings (SSSR count). The Morgan fingerprint density at radius 1 is 1.33 bits per heavy atom. The molecule has 0 aliphatic carbocycles. The molecule has 1 atom stereocenters. The molecule has 0 spiro atoms. The second-order valence-corrected chi connectivity index (χ2v) is 8.07. The molecule has 1 aliphatic rings. The van der Waals surface area contributed by atoms with Crippen molar-refractivity contribution in [2.75, 3.05) is 19.7 Å². The lowest BCUT2D eigenvalue weighted by atomic mass is 9.97. The predicted octanol–water partition coefficient (Wildman–Crippen LogP) is 3.23. The molecule has 0 radical (unpaired) electrons. The summed E-state index contributed by atoms with van der Waals surface area (Å²) >= 11 is 0. The minimum absolute atomic E-state index is 0.135. The van der Waals surface area contributed by atoms with E-state index < -0.39 is 17.5 Å². The number of hydrogen-bond donors (Lipinski definition) is 1. The number of aryl methyl sites for hydroxylation is 2. The summed E-state index contributed by atoms with van der Waals surface area (Å²) in [6.45, 7) is 10.4. The fourth-order valence-corrected chi connectivity index (χ4v) is 3.82. The molecule has 1 amide bonds. The second-order valence-electron chi connectivity index (χ2n) is 8.07. The number of piperidine rings is 1. The molecule has 7 nitrogen and oxygen atoms in total. The number of ether oxygens (including phenoxy) is 1. The maximum Gasteiger partial charge on any atom is 0.340 e. The third-order valence-electron chi connectivity index (χ3n) is 5.41. The van der Waals surface area contributed by atoms with Crippen molar-refractivity contribution < 1.29 is 23.8 Å². The van der Waals surface area contributed by atoms with Gasteiger partial charge in [0.05, 0.1) is 23.3 Å². The van der Waals surface area contributed by atoms with Gasteiger partial charge in [-0.05, 0) is 62.4 Å². The van der Waals surface area contributed by atoms with Crippen molar-refractivity contribution in [1.82, 2.24) is 4.90 Å². The molecule has 1 aliphatic heterocycles. The number of aliphatic carboxylic acids is 1. The lowest BCUT2D eigenvalue weighted by Gasteiger charge is -2.30. The Morgan fingerprint density at radius 2 is 2.07 bits per heavy atom. The van der Waals surface area contributed by atoms with Crippen LogP contribution in [-0.2, 0) is 16.0 Å². The molecule has 1 saturated heterocycles. The van der Waals surface area contributed by atoms with E-state index >= 15 is 0 Å². The number of carboxylic acid groups (broad SMARTS) is 1. The number of likely N-dealkylation sites (tertiary alicyclic amines) is 1. The summed E-state index contributed by atoms with van der Waals surface area (Å²) in [6, 6.07) is 3.64. The van der Waals surface area contributed by atoms with Crippen molar-refractivity contribution in [3.8, 4) is 5.75 Å². The van der Waals surface area contributed by atoms with Gasteiger partial charge in [0.1, 0.15) is 17.9 Å². The number of benzene rings is 1. The smallest absolute Gasteiger partial charge is 0.340 e. The van der Waals surface area contributed by atoms with E-state index in [0.717, 1.165) is 11.1 Å². The third-order valence-corrected chi connectivity index (χ3v) is 5.41. The third kappa shape index (κ3) is 4.56. The standard InChI is InChI=1S/C23H27NO6/c1-13(2)12-29-18-8-14(3)9-19-21(18)15(4)17(23(28)30-19)10-20(25)24-7-5-6-16(11-24)22(26)27/h8-9,16H,1,5-7,10-12H2,2-4H3,(H,26,27)/t16-/m1/s1. The van der Waals surface area contributed by atoms with Crippen molar-refractivity contribution in [3.63, 3.8) is 0 Å². The Kier molecular flexibility index (Phi) is 6.29. The zero-order valence-electron chi connectivity index (χ0n) is 17.6. The van der Waals surface area contributed by atoms with Gasteiger partial charge in [0, 0.05) is 13.1 Å². The normalized spacial score (nSPS) is 16.5. The van der Waals surface area contributed by atoms with Gasteiger partial charge in [-0.2, -0.15) is 0 Å². The highest BCUT2D eigenvalue weighted by Gasteiger charge is 2.29. The van der Waals surface area contributed by atoms with Crippen LogP contribution in [0.3, 0.4) is 0 Å². The second kappa shape index (κ2) is 8.73. The summed E-state index contributed by atoms with van der Waals surface area (Å²) in [5.74, 6) is -1.16. The first-order valence-electron chi connectivity index (χ1n) is 10.0. The summed E-state index contributed by atoms with van der Waals surface area (Å²) in [4.78, 5) is 38.3. The first-order valence-corrected chi connectivity index (χ1v) is 10.0. The molecule has 1 fully saturated rings. The maximum atomic E-state index is 12.8. The van der Waals surface area contributed by atoms with Crippen LogP contribution in [0, 0.1) is 19.8 Å². The first-order chi connectivity index (χ1) is 14.2. The van der Waals surface area contributed by atoms with Crippen LogP contribution < -0.4 is 10.4 Å². The Labute approximate surface area is 174 Å². The average Bonchev–Trinajstić information content (AvgIpc) is 2.68. The molecule has 2 heterocycles. The summed E-state index contributed by atoms with van der Waals surface area (Å²) in [5.41, 5.74) is 2.50. The number of amides is 1. The van der Waals surface area contributed by atoms with Gasteiger partial charge in [-0.25, -0.2) is 4.79 Å². The van der Waals surface area contributed by atoms with E-state index in [2.05, 4.69) is 6.58 Å². The van der Waals surface area contributed by atoms with E-state index in [0.29, 0.717) is 48.3 Å². The van der Waals surface area contributed by atoms with Crippen LogP contribution in [0.25, 0.3) is 11.0 Å². The number of carbonyl (C=O) groups excluding carboxylic acids is 1. The van der Waals surface area contributed by atoms with Crippen molar-refractivity contribution in [2.45, 2.75) is 40.0 Å². The Morgan fingerprint density at radius 3 is 2.73 bits per heavy atom. The molecule has 30 heavy (non-hydrogen) atoms. The topological polar surface area (TPSA) is 97.0 Å². The number of fused-ring (bicyclic) bond motifs is 1. The van der Waals surface area contributed by atoms with E-state index in [-0.39, 0.29) is 24.4 Å². The lowest BCUT2D eigenvalue weighted by Crippen LogP contribution is -2.43. The molecular formula is C23H27NO6. The summed E-state index contributed by atoms with van der Waals surface area (Å²) in [7, 11) is 0. The van der Waals surface area contributed by atoms with Crippen LogP contribution in [0.1, 0.15) is 36.5 Å². The van der Waals surface area contributed by atoms with Gasteiger partial charge < -0.3 is 19.2 Å². The number of hydrogen-bond acceptors (Lipinski definition) is 5. The molecule has 1 aromatic heterocycles. The van der Waals surface area contributed by atoms with Gasteiger partial charge in [0.15, 0.2) is 0 Å². The van der Waals surface area contributed by atoms with E-state index in [9.17, 15) is 19.5 Å². The van der Waals surface area contributed by atoms with Gasteiger partial charge in [-0.1, -0.05) is 6.58 Å². The van der Waals surface area contributed by atoms with E-state index in [1.807, 2.05) is 19.9 Å². The van der Waals surface area contributed by atoms with E-state index in [4.69, 9.17) is 9.15 Å². The van der Waals surface area contributed by atoms with Crippen LogP contribution in [0.5, 0.6) is 5.75 Å². The minimum Gasteiger partial charge on any atom is -0.488 e. The van der Waals surface area contributed by atoms with Crippen LogP contribution in [-0.4, -0.2) is 41.6 Å². The zero-order valence-corrected chi connectivity index (χ0v) is 17.6. The number of carbonyl (C=O) groups is 2. The number of carboxylic acids is 1. The molecule has 0 unspecified atom stereocenters. The van der Waals surface area contributed by atoms with Crippen LogP contribution >= 0.6 is 0 Å². The van der Waals surface area contributed by atoms with Crippen LogP contribution in [0.15, 0.2) is 33.5 Å². The fraction of sp³-hybridized carbons (Fsp3) is 0.435. The SMILES string of the molecule is C=C(C)COc1cc(C)cc2oc(=O)c(CC(=O)N3CCC[C@@H](C(=O)O)C3)c(C)c12. The van der Waals surface area contributed by atoms with Crippen LogP contribution in [0.2, 0.25) is 0 Å². The first kappa shape index (κ1) is 21.6. The van der Waals surface area contributed by atoms with E-state index in [1.165, 1.54) is 4.90 Å². The summed E-state index contributed by atoms with van der Waals surface area (Å²) in [6.07, 6.45) is 1.05. The fourth-order valence-electron chi connectivity index (χ4n) is 3.82. The quantitative estimate of drug-likeness (QED) is 0.577. The van der Waals surface area contributed by atoms with Crippen molar-refractivity contribution in [1.29, 1.82) is 0 Å². The monoisotopic (exact) mass is 413 g/mol. The van der Waals surface area contributed by atoms with Gasteiger partial charge in [-0.3, -0.25) is 9.59 Å². The van der Waals surface area contributed by atoms with Gasteiger partial charge >= 0.3 is 11.6 Å². The molecule has 2 aromatic rings. The van der Waals surface area contributed by atoms with Gasteiger partial charge in [-0.15, -0.1) is 0 Å². The lowest BCUT2D eigenvalue weighted by molar-refractivity contribution is -0.145. The molecular weight excluding hydrogens is 386 g/mol. The molecule has 0 bridgehead atoms. The summed E-state index contributed by atoms with van der Waals surface area (Å²) < 4.78 is 11.4. The number of nitrogens with zero attached hydrogens (tertiary/aromatic N) is 1. The molecule has 0 saturated carbocycles. The van der Waals surface area contributed by atoms with E-state index in [1.54, 1.807) is 13.0 Å². The average molecular weight is 413 g/mol. The van der Waals surface area contributed by atoms with Crippen molar-refractivity contribution >= 4 is 22.8 Å². The maximum absolute atomic E-state index is 12.8. The zero-order chi connectivity index (χ0) is 22.0. The predicted molar refractivity (Wildman–Crippen MR) is 113 cm³/mol. The number of rotatable bonds is 6. The van der Waals surface area contributed by atoms with Crippen LogP contribution in [0.4, 0.5) is 0 Å². The highest BCUT2D eigenvalue weighted by molar-refractivity contribution is 5.90. The Bertz CT molecular complexity index is 1070. The molecule has 1 aromatic carbocycles. The Balaban J connectivity index is 1.96.